The Morgan fingerprint density at radius 2 is 2.17 bits per heavy atom. The van der Waals surface area contributed by atoms with Crippen molar-refractivity contribution in [3.63, 3.8) is 0 Å². The van der Waals surface area contributed by atoms with Gasteiger partial charge in [-0.25, -0.2) is 4.98 Å². The van der Waals surface area contributed by atoms with E-state index in [-0.39, 0.29) is 11.8 Å². The maximum Gasteiger partial charge on any atom is 0.255 e. The van der Waals surface area contributed by atoms with Crippen molar-refractivity contribution in [3.05, 3.63) is 51.7 Å². The van der Waals surface area contributed by atoms with Gasteiger partial charge >= 0.3 is 0 Å². The third-order valence-electron chi connectivity index (χ3n) is 3.45. The van der Waals surface area contributed by atoms with E-state index in [0.717, 1.165) is 15.9 Å². The van der Waals surface area contributed by atoms with Gasteiger partial charge in [0, 0.05) is 22.2 Å². The molecule has 2 aromatic rings. The molecule has 0 aliphatic carbocycles. The van der Waals surface area contributed by atoms with Gasteiger partial charge in [0.2, 0.25) is 5.91 Å². The molecule has 0 bridgehead atoms. The number of benzene rings is 1. The zero-order chi connectivity index (χ0) is 16.2. The van der Waals surface area contributed by atoms with Gasteiger partial charge < -0.3 is 15.5 Å². The van der Waals surface area contributed by atoms with Crippen molar-refractivity contribution in [2.75, 3.05) is 29.9 Å². The van der Waals surface area contributed by atoms with E-state index < -0.39 is 0 Å². The molecule has 0 atom stereocenters. The molecule has 23 heavy (non-hydrogen) atoms. The Labute approximate surface area is 147 Å². The third-order valence-corrected chi connectivity index (χ3v) is 4.13. The number of pyridine rings is 1. The van der Waals surface area contributed by atoms with Gasteiger partial charge in [0.1, 0.15) is 5.82 Å². The fraction of sp³-hybridized carbons (Fsp3) is 0.188. The highest BCUT2D eigenvalue weighted by Gasteiger charge is 2.17. The van der Waals surface area contributed by atoms with Crippen molar-refractivity contribution < 1.29 is 9.59 Å². The summed E-state index contributed by atoms with van der Waals surface area (Å²) >= 11 is 2.17. The first-order valence-electron chi connectivity index (χ1n) is 7.16. The summed E-state index contributed by atoms with van der Waals surface area (Å²) < 4.78 is 1.01. The Morgan fingerprint density at radius 1 is 1.30 bits per heavy atom. The van der Waals surface area contributed by atoms with Crippen LogP contribution in [-0.2, 0) is 4.79 Å². The summed E-state index contributed by atoms with van der Waals surface area (Å²) in [6.45, 7) is 1.65. The predicted molar refractivity (Wildman–Crippen MR) is 96.6 cm³/mol. The second-order valence-electron chi connectivity index (χ2n) is 5.14. The van der Waals surface area contributed by atoms with Crippen LogP contribution in [0.5, 0.6) is 0 Å². The van der Waals surface area contributed by atoms with Crippen LogP contribution < -0.4 is 15.5 Å². The van der Waals surface area contributed by atoms with E-state index in [1.165, 1.54) is 0 Å². The molecule has 1 aliphatic heterocycles. The number of nitrogens with zero attached hydrogens (tertiary/aromatic N) is 2. The first-order chi connectivity index (χ1) is 11.1. The Bertz CT molecular complexity index is 733. The number of aromatic nitrogens is 1. The quantitative estimate of drug-likeness (QED) is 0.741. The molecule has 0 radical (unpaired) electrons. The average molecular weight is 422 g/mol. The molecule has 0 unspecified atom stereocenters. The largest absolute Gasteiger partial charge is 0.353 e. The Kier molecular flexibility index (Phi) is 4.75. The SMILES string of the molecule is O=C1CN(c2ccc(NC(=O)c3cccc(I)c3)cn2)CCN1. The molecule has 0 spiro atoms. The molecule has 7 heteroatoms. The van der Waals surface area contributed by atoms with Gasteiger partial charge in [0.05, 0.1) is 18.4 Å². The molecule has 6 nitrogen and oxygen atoms in total. The first-order valence-corrected chi connectivity index (χ1v) is 8.24. The lowest BCUT2D eigenvalue weighted by Crippen LogP contribution is -2.48. The lowest BCUT2D eigenvalue weighted by atomic mass is 10.2. The van der Waals surface area contributed by atoms with E-state index in [2.05, 4.69) is 38.2 Å². The maximum atomic E-state index is 12.2. The number of hydrogen-bond donors (Lipinski definition) is 2. The second-order valence-corrected chi connectivity index (χ2v) is 6.39. The summed E-state index contributed by atoms with van der Waals surface area (Å²) in [6, 6.07) is 11.0. The van der Waals surface area contributed by atoms with Gasteiger partial charge in [0.25, 0.3) is 5.91 Å². The highest BCUT2D eigenvalue weighted by Crippen LogP contribution is 2.16. The third kappa shape index (κ3) is 3.98. The number of carbonyl (C=O) groups excluding carboxylic acids is 2. The zero-order valence-corrected chi connectivity index (χ0v) is 14.4. The fourth-order valence-corrected chi connectivity index (χ4v) is 2.86. The minimum atomic E-state index is -0.171. The van der Waals surface area contributed by atoms with E-state index in [9.17, 15) is 9.59 Å². The Hall–Kier alpha value is -2.16. The molecule has 0 saturated carbocycles. The van der Waals surface area contributed by atoms with Crippen molar-refractivity contribution in [1.29, 1.82) is 0 Å². The summed E-state index contributed by atoms with van der Waals surface area (Å²) in [5, 5.41) is 5.60. The van der Waals surface area contributed by atoms with Gasteiger partial charge in [-0.3, -0.25) is 9.59 Å². The summed E-state index contributed by atoms with van der Waals surface area (Å²) in [5.74, 6) is 0.552. The van der Waals surface area contributed by atoms with Crippen LogP contribution in [0.4, 0.5) is 11.5 Å². The topological polar surface area (TPSA) is 74.3 Å². The van der Waals surface area contributed by atoms with Crippen LogP contribution in [0, 0.1) is 3.57 Å². The molecule has 1 aromatic heterocycles. The van der Waals surface area contributed by atoms with Crippen molar-refractivity contribution >= 4 is 45.9 Å². The number of hydrogen-bond acceptors (Lipinski definition) is 4. The fourth-order valence-electron chi connectivity index (χ4n) is 2.31. The van der Waals surface area contributed by atoms with E-state index in [4.69, 9.17) is 0 Å². The summed E-state index contributed by atoms with van der Waals surface area (Å²) in [4.78, 5) is 29.8. The minimum Gasteiger partial charge on any atom is -0.353 e. The van der Waals surface area contributed by atoms with E-state index in [0.29, 0.717) is 24.3 Å². The lowest BCUT2D eigenvalue weighted by molar-refractivity contribution is -0.120. The number of piperazine rings is 1. The molecule has 3 rings (SSSR count). The normalized spacial score (nSPS) is 14.3. The van der Waals surface area contributed by atoms with Crippen LogP contribution in [0.3, 0.4) is 0 Å². The summed E-state index contributed by atoms with van der Waals surface area (Å²) in [7, 11) is 0. The number of nitrogens with one attached hydrogen (secondary N) is 2. The smallest absolute Gasteiger partial charge is 0.255 e. The molecule has 1 fully saturated rings. The number of rotatable bonds is 3. The van der Waals surface area contributed by atoms with Crippen molar-refractivity contribution in [3.8, 4) is 0 Å². The molecular weight excluding hydrogens is 407 g/mol. The van der Waals surface area contributed by atoms with Crippen molar-refractivity contribution in [2.45, 2.75) is 0 Å². The van der Waals surface area contributed by atoms with Gasteiger partial charge in [-0.1, -0.05) is 6.07 Å². The molecule has 2 heterocycles. The molecule has 2 amide bonds. The van der Waals surface area contributed by atoms with E-state index in [1.807, 2.05) is 29.2 Å². The molecular formula is C16H15IN4O2. The molecule has 2 N–H and O–H groups in total. The van der Waals surface area contributed by atoms with Gasteiger partial charge in [-0.15, -0.1) is 0 Å². The van der Waals surface area contributed by atoms with Crippen LogP contribution in [0.25, 0.3) is 0 Å². The zero-order valence-electron chi connectivity index (χ0n) is 12.3. The van der Waals surface area contributed by atoms with Gasteiger partial charge in [0.15, 0.2) is 0 Å². The number of amides is 2. The average Bonchev–Trinajstić information content (AvgIpc) is 2.55. The monoisotopic (exact) mass is 422 g/mol. The predicted octanol–water partition coefficient (Wildman–Crippen LogP) is 1.87. The van der Waals surface area contributed by atoms with Crippen molar-refractivity contribution in [2.24, 2.45) is 0 Å². The number of carbonyl (C=O) groups is 2. The minimum absolute atomic E-state index is 0.00545. The van der Waals surface area contributed by atoms with Gasteiger partial charge in [-0.05, 0) is 52.9 Å². The summed E-state index contributed by atoms with van der Waals surface area (Å²) in [5.41, 5.74) is 1.23. The summed E-state index contributed by atoms with van der Waals surface area (Å²) in [6.07, 6.45) is 1.60. The molecule has 1 aromatic carbocycles. The molecule has 118 valence electrons. The Balaban J connectivity index is 1.67. The van der Waals surface area contributed by atoms with Gasteiger partial charge in [-0.2, -0.15) is 0 Å². The van der Waals surface area contributed by atoms with Crippen LogP contribution in [0.2, 0.25) is 0 Å². The second kappa shape index (κ2) is 6.95. The first kappa shape index (κ1) is 15.7. The highest BCUT2D eigenvalue weighted by atomic mass is 127. The number of anilines is 2. The molecule has 1 aliphatic rings. The van der Waals surface area contributed by atoms with E-state index >= 15 is 0 Å². The lowest BCUT2D eigenvalue weighted by Gasteiger charge is -2.27. The van der Waals surface area contributed by atoms with Crippen LogP contribution in [0.15, 0.2) is 42.6 Å². The Morgan fingerprint density at radius 3 is 2.87 bits per heavy atom. The highest BCUT2D eigenvalue weighted by molar-refractivity contribution is 14.1. The molecule has 1 saturated heterocycles. The van der Waals surface area contributed by atoms with Crippen molar-refractivity contribution in [1.82, 2.24) is 10.3 Å². The van der Waals surface area contributed by atoms with Crippen LogP contribution >= 0.6 is 22.6 Å². The maximum absolute atomic E-state index is 12.2. The number of halogens is 1. The standard InChI is InChI=1S/C16H15IN4O2/c17-12-3-1-2-11(8-12)16(23)20-13-4-5-14(19-9-13)21-7-6-18-15(22)10-21/h1-5,8-9H,6-7,10H2,(H,18,22)(H,20,23). The van der Waals surface area contributed by atoms with E-state index in [1.54, 1.807) is 18.3 Å². The van der Waals surface area contributed by atoms with Crippen LogP contribution in [0.1, 0.15) is 10.4 Å². The van der Waals surface area contributed by atoms with Crippen LogP contribution in [-0.4, -0.2) is 36.4 Å².